The summed E-state index contributed by atoms with van der Waals surface area (Å²) in [5.74, 6) is -1.91. The predicted octanol–water partition coefficient (Wildman–Crippen LogP) is -1.26. The molecule has 0 radical (unpaired) electrons. The Kier molecular flexibility index (Phi) is 3.02. The molecule has 2 aliphatic rings. The molecule has 0 saturated carbocycles. The van der Waals surface area contributed by atoms with Crippen molar-refractivity contribution in [3.8, 4) is 0 Å². The molecule has 1 aromatic carbocycles. The second-order valence-corrected chi connectivity index (χ2v) is 6.67. The molecule has 4 amide bonds. The minimum atomic E-state index is -1.32. The van der Waals surface area contributed by atoms with Crippen LogP contribution in [-0.4, -0.2) is 50.9 Å². The van der Waals surface area contributed by atoms with Crippen LogP contribution in [0, 0.1) is 0 Å². The molecular weight excluding hydrogens is 335 g/mol. The molecule has 1 N–H and O–H groups in total. The van der Waals surface area contributed by atoms with E-state index in [0.29, 0.717) is 11.1 Å². The van der Waals surface area contributed by atoms with Crippen molar-refractivity contribution in [2.45, 2.75) is 25.3 Å². The molecule has 2 heterocycles. The summed E-state index contributed by atoms with van der Waals surface area (Å²) in [6.07, 6.45) is 0.256. The first-order chi connectivity index (χ1) is 9.86. The van der Waals surface area contributed by atoms with Crippen molar-refractivity contribution < 1.29 is 19.2 Å². The first-order valence-corrected chi connectivity index (χ1v) is 7.69. The number of imide groups is 2. The first-order valence-electron chi connectivity index (χ1n) is 6.48. The van der Waals surface area contributed by atoms with Crippen LogP contribution in [-0.2, 0) is 9.59 Å². The molecule has 2 aliphatic heterocycles. The van der Waals surface area contributed by atoms with Gasteiger partial charge in [0.15, 0.2) is 0 Å². The number of nitrogens with zero attached hydrogens (tertiary/aromatic N) is 1. The summed E-state index contributed by atoms with van der Waals surface area (Å²) < 4.78 is 0.761. The Morgan fingerprint density at radius 1 is 1.19 bits per heavy atom. The van der Waals surface area contributed by atoms with Crippen LogP contribution in [0.1, 0.15) is 40.5 Å². The average Bonchev–Trinajstić information content (AvgIpc) is 2.68. The van der Waals surface area contributed by atoms with Crippen molar-refractivity contribution >= 4 is 44.8 Å². The van der Waals surface area contributed by atoms with Gasteiger partial charge in [-0.2, -0.15) is 0 Å². The van der Waals surface area contributed by atoms with E-state index in [1.807, 2.05) is 0 Å². The quantitative estimate of drug-likeness (QED) is 0.507. The fourth-order valence-corrected chi connectivity index (χ4v) is 3.59. The third-order valence-electron chi connectivity index (χ3n) is 4.02. The monoisotopic (exact) mass is 348 g/mol. The van der Waals surface area contributed by atoms with Gasteiger partial charge < -0.3 is 0 Å². The molecule has 2 unspecified atom stereocenters. The van der Waals surface area contributed by atoms with Crippen molar-refractivity contribution in [2.24, 2.45) is 0 Å². The molecule has 1 saturated heterocycles. The maximum absolute atomic E-state index is 12.6. The third-order valence-corrected chi connectivity index (χ3v) is 5.03. The van der Waals surface area contributed by atoms with Gasteiger partial charge in [-0.05, 0) is 0 Å². The predicted molar refractivity (Wildman–Crippen MR) is 75.9 cm³/mol. The van der Waals surface area contributed by atoms with Gasteiger partial charge in [-0.1, -0.05) is 0 Å². The molecule has 1 aromatic rings. The standard InChI is InChI=1S/C14H13AsN2O4/c1-14(6-5-9(18)16-13(14)21)17-11(19)7-3-2-4-8(15)10(7)12(17)20/h2-4H,5-6,15H2,1H3,(H,16,18,21). The molecule has 1 fully saturated rings. The van der Waals surface area contributed by atoms with E-state index in [1.54, 1.807) is 18.2 Å². The SMILES string of the molecule is CC1(N2C(=O)c3cccc([AsH2])c3C2=O)CCC(=O)NC1=O. The van der Waals surface area contributed by atoms with Crippen LogP contribution < -0.4 is 9.67 Å². The number of hydrogen-bond donors (Lipinski definition) is 1. The van der Waals surface area contributed by atoms with Crippen molar-refractivity contribution in [3.05, 3.63) is 29.3 Å². The number of benzene rings is 1. The Morgan fingerprint density at radius 3 is 2.52 bits per heavy atom. The molecule has 21 heavy (non-hydrogen) atoms. The van der Waals surface area contributed by atoms with Gasteiger partial charge in [-0.15, -0.1) is 0 Å². The van der Waals surface area contributed by atoms with Crippen LogP contribution in [0.2, 0.25) is 0 Å². The number of hydrogen-bond acceptors (Lipinski definition) is 4. The summed E-state index contributed by atoms with van der Waals surface area (Å²) in [4.78, 5) is 49.6. The fourth-order valence-electron chi connectivity index (χ4n) is 2.77. The molecule has 6 nitrogen and oxygen atoms in total. The second kappa shape index (κ2) is 4.53. The molecular formula is C14H13AsN2O4. The molecule has 0 spiro atoms. The number of nitrogens with one attached hydrogen (secondary N) is 1. The van der Waals surface area contributed by atoms with Crippen molar-refractivity contribution in [1.29, 1.82) is 0 Å². The van der Waals surface area contributed by atoms with Gasteiger partial charge in [0, 0.05) is 0 Å². The van der Waals surface area contributed by atoms with Gasteiger partial charge in [0.05, 0.1) is 0 Å². The molecule has 0 bridgehead atoms. The molecule has 2 atom stereocenters. The Hall–Kier alpha value is -1.94. The van der Waals surface area contributed by atoms with Crippen LogP contribution in [0.15, 0.2) is 18.2 Å². The Labute approximate surface area is 129 Å². The zero-order chi connectivity index (χ0) is 15.4. The number of carbonyl (C=O) groups is 4. The van der Waals surface area contributed by atoms with Gasteiger partial charge >= 0.3 is 129 Å². The van der Waals surface area contributed by atoms with Crippen molar-refractivity contribution in [3.63, 3.8) is 0 Å². The van der Waals surface area contributed by atoms with E-state index in [2.05, 4.69) is 5.32 Å². The van der Waals surface area contributed by atoms with Crippen LogP contribution >= 0.6 is 0 Å². The molecule has 0 aliphatic carbocycles. The van der Waals surface area contributed by atoms with Gasteiger partial charge in [0.25, 0.3) is 0 Å². The van der Waals surface area contributed by atoms with E-state index in [4.69, 9.17) is 0 Å². The van der Waals surface area contributed by atoms with Crippen molar-refractivity contribution in [1.82, 2.24) is 10.2 Å². The maximum atomic E-state index is 12.6. The number of fused-ring (bicyclic) bond motifs is 1. The number of piperidine rings is 1. The zero-order valence-electron chi connectivity index (χ0n) is 11.3. The molecule has 3 rings (SSSR count). The van der Waals surface area contributed by atoms with E-state index in [0.717, 1.165) is 9.25 Å². The summed E-state index contributed by atoms with van der Waals surface area (Å²) in [5.41, 5.74) is -0.623. The van der Waals surface area contributed by atoms with Crippen LogP contribution in [0.3, 0.4) is 0 Å². The number of rotatable bonds is 1. The summed E-state index contributed by atoms with van der Waals surface area (Å²) in [5, 5.41) is 2.21. The van der Waals surface area contributed by atoms with Gasteiger partial charge in [0.1, 0.15) is 0 Å². The van der Waals surface area contributed by atoms with E-state index >= 15 is 0 Å². The number of carbonyl (C=O) groups excluding carboxylic acids is 4. The topological polar surface area (TPSA) is 83.6 Å². The van der Waals surface area contributed by atoms with E-state index in [-0.39, 0.29) is 18.7 Å². The molecule has 0 aromatic heterocycles. The fraction of sp³-hybridized carbons (Fsp3) is 0.286. The summed E-state index contributed by atoms with van der Waals surface area (Å²) >= 11 is 1.25. The Bertz CT molecular complexity index is 715. The summed E-state index contributed by atoms with van der Waals surface area (Å²) in [6, 6.07) is 5.09. The zero-order valence-corrected chi connectivity index (χ0v) is 13.7. The van der Waals surface area contributed by atoms with Gasteiger partial charge in [-0.3, -0.25) is 0 Å². The Morgan fingerprint density at radius 2 is 1.90 bits per heavy atom. The van der Waals surface area contributed by atoms with Crippen molar-refractivity contribution in [2.75, 3.05) is 0 Å². The molecule has 7 heteroatoms. The van der Waals surface area contributed by atoms with E-state index < -0.39 is 23.3 Å². The normalized spacial score (nSPS) is 25.1. The third kappa shape index (κ3) is 1.86. The van der Waals surface area contributed by atoms with E-state index in [9.17, 15) is 19.2 Å². The minimum absolute atomic E-state index is 0.110. The van der Waals surface area contributed by atoms with Crippen LogP contribution in [0.4, 0.5) is 0 Å². The first kappa shape index (κ1) is 14.0. The Balaban J connectivity index is 2.08. The van der Waals surface area contributed by atoms with Crippen LogP contribution in [0.25, 0.3) is 0 Å². The van der Waals surface area contributed by atoms with Gasteiger partial charge in [0.2, 0.25) is 0 Å². The second-order valence-electron chi connectivity index (χ2n) is 5.37. The average molecular weight is 348 g/mol. The summed E-state index contributed by atoms with van der Waals surface area (Å²) in [6.45, 7) is 1.52. The van der Waals surface area contributed by atoms with Crippen LogP contribution in [0.5, 0.6) is 0 Å². The number of amides is 4. The summed E-state index contributed by atoms with van der Waals surface area (Å²) in [7, 11) is 0. The molecule has 108 valence electrons. The van der Waals surface area contributed by atoms with Gasteiger partial charge in [-0.25, -0.2) is 0 Å². The van der Waals surface area contributed by atoms with E-state index in [1.165, 1.54) is 23.8 Å².